The third-order valence-corrected chi connectivity index (χ3v) is 4.45. The summed E-state index contributed by atoms with van der Waals surface area (Å²) >= 11 is 0. The van der Waals surface area contributed by atoms with Crippen LogP contribution >= 0.6 is 0 Å². The van der Waals surface area contributed by atoms with Crippen molar-refractivity contribution >= 4 is 0 Å². The summed E-state index contributed by atoms with van der Waals surface area (Å²) < 4.78 is 19.0. The molecule has 0 unspecified atom stereocenters. The molecule has 0 spiro atoms. The van der Waals surface area contributed by atoms with E-state index >= 15 is 0 Å². The van der Waals surface area contributed by atoms with Crippen molar-refractivity contribution in [3.63, 3.8) is 0 Å². The lowest BCUT2D eigenvalue weighted by Gasteiger charge is -2.22. The average molecular weight is 330 g/mol. The summed E-state index contributed by atoms with van der Waals surface area (Å²) in [5.41, 5.74) is 0.950. The maximum Gasteiger partial charge on any atom is 0.179 e. The average Bonchev–Trinajstić information content (AvgIpc) is 3.22. The minimum Gasteiger partial charge on any atom is -0.486 e. The second kappa shape index (κ2) is 6.68. The third kappa shape index (κ3) is 3.31. The quantitative estimate of drug-likeness (QED) is 0.899. The SMILES string of the molecule is Cn1cc(O[C@@H]2CCC[C@@H]2NCc2cc3c(cn2)OCCO3)cn1. The van der Waals surface area contributed by atoms with E-state index in [9.17, 15) is 0 Å². The van der Waals surface area contributed by atoms with Gasteiger partial charge >= 0.3 is 0 Å². The van der Waals surface area contributed by atoms with E-state index in [1.165, 1.54) is 0 Å². The smallest absolute Gasteiger partial charge is 0.179 e. The molecule has 2 atom stereocenters. The molecule has 0 bridgehead atoms. The summed E-state index contributed by atoms with van der Waals surface area (Å²) in [5, 5.41) is 7.72. The number of aryl methyl sites for hydroxylation is 1. The molecule has 0 saturated heterocycles. The van der Waals surface area contributed by atoms with Gasteiger partial charge in [-0.25, -0.2) is 0 Å². The van der Waals surface area contributed by atoms with Gasteiger partial charge in [-0.1, -0.05) is 0 Å². The molecule has 0 radical (unpaired) electrons. The second-order valence-electron chi connectivity index (χ2n) is 6.24. The van der Waals surface area contributed by atoms with Crippen LogP contribution in [-0.4, -0.2) is 40.1 Å². The predicted molar refractivity (Wildman–Crippen MR) is 87.3 cm³/mol. The van der Waals surface area contributed by atoms with Gasteiger partial charge in [0.15, 0.2) is 17.2 Å². The second-order valence-corrected chi connectivity index (χ2v) is 6.24. The molecular weight excluding hydrogens is 308 g/mol. The summed E-state index contributed by atoms with van der Waals surface area (Å²) in [4.78, 5) is 4.44. The molecule has 1 saturated carbocycles. The summed E-state index contributed by atoms with van der Waals surface area (Å²) in [6.07, 6.45) is 8.90. The zero-order valence-corrected chi connectivity index (χ0v) is 13.8. The van der Waals surface area contributed by atoms with Crippen molar-refractivity contribution in [1.82, 2.24) is 20.1 Å². The Balaban J connectivity index is 1.36. The molecule has 1 aliphatic heterocycles. The van der Waals surface area contributed by atoms with Gasteiger partial charge in [-0.05, 0) is 19.3 Å². The minimum atomic E-state index is 0.173. The molecule has 2 aliphatic rings. The monoisotopic (exact) mass is 330 g/mol. The lowest BCUT2D eigenvalue weighted by Crippen LogP contribution is -2.38. The Labute approximate surface area is 140 Å². The summed E-state index contributed by atoms with van der Waals surface area (Å²) in [7, 11) is 1.89. The van der Waals surface area contributed by atoms with Crippen molar-refractivity contribution in [2.45, 2.75) is 38.0 Å². The van der Waals surface area contributed by atoms with Crippen LogP contribution in [0.15, 0.2) is 24.7 Å². The van der Waals surface area contributed by atoms with Crippen LogP contribution in [0, 0.1) is 0 Å². The lowest BCUT2D eigenvalue weighted by molar-refractivity contribution is 0.169. The summed E-state index contributed by atoms with van der Waals surface area (Å²) in [6.45, 7) is 1.86. The van der Waals surface area contributed by atoms with E-state index in [0.717, 1.165) is 42.2 Å². The van der Waals surface area contributed by atoms with E-state index in [1.807, 2.05) is 19.3 Å². The Hall–Kier alpha value is -2.28. The van der Waals surface area contributed by atoms with Gasteiger partial charge in [0.1, 0.15) is 19.3 Å². The largest absolute Gasteiger partial charge is 0.486 e. The van der Waals surface area contributed by atoms with Crippen LogP contribution in [0.2, 0.25) is 0 Å². The van der Waals surface area contributed by atoms with Gasteiger partial charge < -0.3 is 19.5 Å². The van der Waals surface area contributed by atoms with Crippen molar-refractivity contribution in [2.75, 3.05) is 13.2 Å². The first-order chi connectivity index (χ1) is 11.8. The first kappa shape index (κ1) is 15.3. The number of pyridine rings is 1. The number of fused-ring (bicyclic) bond motifs is 1. The van der Waals surface area contributed by atoms with Crippen LogP contribution < -0.4 is 19.5 Å². The fourth-order valence-electron chi connectivity index (χ4n) is 3.26. The molecular formula is C17H22N4O3. The molecule has 0 amide bonds. The van der Waals surface area contributed by atoms with Crippen molar-refractivity contribution in [3.05, 3.63) is 30.4 Å². The van der Waals surface area contributed by atoms with Gasteiger partial charge in [-0.15, -0.1) is 0 Å². The van der Waals surface area contributed by atoms with E-state index in [1.54, 1.807) is 17.1 Å². The van der Waals surface area contributed by atoms with E-state index in [-0.39, 0.29) is 6.10 Å². The molecule has 0 aromatic carbocycles. The Bertz CT molecular complexity index is 703. The molecule has 128 valence electrons. The highest BCUT2D eigenvalue weighted by molar-refractivity contribution is 5.39. The van der Waals surface area contributed by atoms with Gasteiger partial charge in [-0.2, -0.15) is 5.10 Å². The maximum absolute atomic E-state index is 6.08. The maximum atomic E-state index is 6.08. The van der Waals surface area contributed by atoms with Gasteiger partial charge in [0.25, 0.3) is 0 Å². The van der Waals surface area contributed by atoms with Crippen molar-refractivity contribution < 1.29 is 14.2 Å². The van der Waals surface area contributed by atoms with E-state index < -0.39 is 0 Å². The fourth-order valence-corrected chi connectivity index (χ4v) is 3.26. The predicted octanol–water partition coefficient (Wildman–Crippen LogP) is 1.68. The topological polar surface area (TPSA) is 70.4 Å². The standard InChI is InChI=1S/C17H22N4O3/c1-21-11-13(9-20-21)24-15-4-2-3-14(15)19-8-12-7-16-17(10-18-12)23-6-5-22-16/h7,9-11,14-15,19H,2-6,8H2,1H3/t14-,15+/m0/s1. The molecule has 1 fully saturated rings. The lowest BCUT2D eigenvalue weighted by atomic mass is 10.2. The first-order valence-electron chi connectivity index (χ1n) is 8.41. The molecule has 4 rings (SSSR count). The number of hydrogen-bond donors (Lipinski definition) is 1. The zero-order chi connectivity index (χ0) is 16.4. The van der Waals surface area contributed by atoms with Gasteiger partial charge in [0, 0.05) is 25.7 Å². The highest BCUT2D eigenvalue weighted by Gasteiger charge is 2.29. The Morgan fingerprint density at radius 3 is 2.96 bits per heavy atom. The fraction of sp³-hybridized carbons (Fsp3) is 0.529. The zero-order valence-electron chi connectivity index (χ0n) is 13.8. The van der Waals surface area contributed by atoms with Gasteiger partial charge in [0.05, 0.1) is 24.3 Å². The summed E-state index contributed by atoms with van der Waals surface area (Å²) in [6, 6.07) is 2.27. The number of nitrogens with one attached hydrogen (secondary N) is 1. The molecule has 2 aromatic rings. The van der Waals surface area contributed by atoms with Crippen LogP contribution in [0.25, 0.3) is 0 Å². The molecule has 1 aliphatic carbocycles. The van der Waals surface area contributed by atoms with E-state index in [4.69, 9.17) is 14.2 Å². The van der Waals surface area contributed by atoms with Crippen LogP contribution in [0.4, 0.5) is 0 Å². The number of rotatable bonds is 5. The molecule has 1 N–H and O–H groups in total. The van der Waals surface area contributed by atoms with E-state index in [0.29, 0.717) is 25.8 Å². The van der Waals surface area contributed by atoms with Crippen LogP contribution in [0.5, 0.6) is 17.2 Å². The number of hydrogen-bond acceptors (Lipinski definition) is 6. The summed E-state index contributed by atoms with van der Waals surface area (Å²) in [5.74, 6) is 2.33. The van der Waals surface area contributed by atoms with E-state index in [2.05, 4.69) is 15.4 Å². The Morgan fingerprint density at radius 2 is 2.12 bits per heavy atom. The molecule has 24 heavy (non-hydrogen) atoms. The van der Waals surface area contributed by atoms with Crippen LogP contribution in [-0.2, 0) is 13.6 Å². The van der Waals surface area contributed by atoms with Crippen molar-refractivity contribution in [3.8, 4) is 17.2 Å². The van der Waals surface area contributed by atoms with Gasteiger partial charge in [0.2, 0.25) is 0 Å². The van der Waals surface area contributed by atoms with Crippen LogP contribution in [0.1, 0.15) is 25.0 Å². The van der Waals surface area contributed by atoms with Crippen molar-refractivity contribution in [1.29, 1.82) is 0 Å². The Morgan fingerprint density at radius 1 is 1.25 bits per heavy atom. The number of aromatic nitrogens is 3. The number of nitrogens with zero attached hydrogens (tertiary/aromatic N) is 3. The number of ether oxygens (including phenoxy) is 3. The molecule has 7 heteroatoms. The van der Waals surface area contributed by atoms with Crippen molar-refractivity contribution in [2.24, 2.45) is 7.05 Å². The highest BCUT2D eigenvalue weighted by atomic mass is 16.6. The normalized spacial score (nSPS) is 22.5. The molecule has 3 heterocycles. The Kier molecular flexibility index (Phi) is 4.25. The first-order valence-corrected chi connectivity index (χ1v) is 8.41. The highest BCUT2D eigenvalue weighted by Crippen LogP contribution is 2.30. The van der Waals surface area contributed by atoms with Crippen LogP contribution in [0.3, 0.4) is 0 Å². The minimum absolute atomic E-state index is 0.173. The third-order valence-electron chi connectivity index (χ3n) is 4.45. The molecule has 2 aromatic heterocycles. The molecule has 7 nitrogen and oxygen atoms in total. The van der Waals surface area contributed by atoms with Gasteiger partial charge in [-0.3, -0.25) is 9.67 Å².